The largest absolute Gasteiger partial charge is 0.508 e. The maximum Gasteiger partial charge on any atom is 0.263 e. The molecule has 0 bridgehead atoms. The molecule has 182 valence electrons. The van der Waals surface area contributed by atoms with E-state index in [1.807, 2.05) is 68.4 Å². The summed E-state index contributed by atoms with van der Waals surface area (Å²) in [5, 5.41) is 25.5. The van der Waals surface area contributed by atoms with E-state index in [0.717, 1.165) is 27.9 Å². The number of benzene rings is 3. The van der Waals surface area contributed by atoms with Crippen LogP contribution in [-0.4, -0.2) is 29.7 Å². The summed E-state index contributed by atoms with van der Waals surface area (Å²) in [6, 6.07) is 22.5. The highest BCUT2D eigenvalue weighted by atomic mass is 16.3. The number of hydrogen-bond acceptors (Lipinski definition) is 6. The molecular formula is C29H24N6O2. The van der Waals surface area contributed by atoms with Gasteiger partial charge in [-0.2, -0.15) is 10.2 Å². The van der Waals surface area contributed by atoms with E-state index in [2.05, 4.69) is 10.2 Å². The molecule has 0 amide bonds. The van der Waals surface area contributed by atoms with Gasteiger partial charge in [-0.25, -0.2) is 4.68 Å². The second-order valence-corrected chi connectivity index (χ2v) is 9.16. The summed E-state index contributed by atoms with van der Waals surface area (Å²) in [6.07, 6.45) is 1.49. The molecule has 3 heterocycles. The highest BCUT2D eigenvalue weighted by molar-refractivity contribution is 5.99. The number of nitrogens with two attached hydrogens (primary N) is 1. The van der Waals surface area contributed by atoms with Crippen LogP contribution in [0.5, 0.6) is 5.75 Å². The summed E-state index contributed by atoms with van der Waals surface area (Å²) in [5.41, 5.74) is 11.9. The third-order valence-corrected chi connectivity index (χ3v) is 6.68. The van der Waals surface area contributed by atoms with Gasteiger partial charge in [-0.3, -0.25) is 9.36 Å². The standard InChI is InChI=1S/C29H24N6O2/c1-17-7-3-4-12-24(17)35-21(13-19-9-5-8-18(2)25(19)29(35)37)16-34-28-26(23(30)15-31-32-28)27(33-34)20-10-6-11-22(36)14-20/h3-15,36H,16H2,1-2H3,(H2,30,32). The molecule has 6 rings (SSSR count). The van der Waals surface area contributed by atoms with Crippen molar-refractivity contribution in [1.29, 1.82) is 0 Å². The number of anilines is 1. The molecule has 0 saturated heterocycles. The van der Waals surface area contributed by atoms with Gasteiger partial charge in [0.15, 0.2) is 5.65 Å². The van der Waals surface area contributed by atoms with Crippen LogP contribution < -0.4 is 11.3 Å². The first-order valence-corrected chi connectivity index (χ1v) is 11.9. The Labute approximate surface area is 212 Å². The Hall–Kier alpha value is -4.98. The Morgan fingerprint density at radius 2 is 1.70 bits per heavy atom. The lowest BCUT2D eigenvalue weighted by Crippen LogP contribution is -2.25. The van der Waals surface area contributed by atoms with Crippen LogP contribution in [0, 0.1) is 13.8 Å². The molecule has 0 fully saturated rings. The predicted molar refractivity (Wildman–Crippen MR) is 145 cm³/mol. The van der Waals surface area contributed by atoms with Crippen LogP contribution in [0.4, 0.5) is 5.69 Å². The van der Waals surface area contributed by atoms with Crippen molar-refractivity contribution in [1.82, 2.24) is 24.5 Å². The van der Waals surface area contributed by atoms with Crippen LogP contribution in [0.2, 0.25) is 0 Å². The van der Waals surface area contributed by atoms with Crippen molar-refractivity contribution in [3.8, 4) is 22.7 Å². The summed E-state index contributed by atoms with van der Waals surface area (Å²) in [7, 11) is 0. The van der Waals surface area contributed by atoms with Gasteiger partial charge in [0.05, 0.1) is 34.9 Å². The Morgan fingerprint density at radius 3 is 2.51 bits per heavy atom. The van der Waals surface area contributed by atoms with Crippen LogP contribution in [0.15, 0.2) is 83.8 Å². The highest BCUT2D eigenvalue weighted by Gasteiger charge is 2.20. The Balaban J connectivity index is 1.63. The smallest absolute Gasteiger partial charge is 0.263 e. The van der Waals surface area contributed by atoms with E-state index in [9.17, 15) is 9.90 Å². The van der Waals surface area contributed by atoms with Crippen molar-refractivity contribution < 1.29 is 5.11 Å². The molecule has 0 radical (unpaired) electrons. The van der Waals surface area contributed by atoms with E-state index in [4.69, 9.17) is 10.8 Å². The molecule has 0 aliphatic carbocycles. The van der Waals surface area contributed by atoms with Crippen molar-refractivity contribution in [2.45, 2.75) is 20.4 Å². The van der Waals surface area contributed by atoms with E-state index in [1.54, 1.807) is 27.4 Å². The molecule has 8 heteroatoms. The Kier molecular flexibility index (Phi) is 5.22. The number of pyridine rings is 1. The lowest BCUT2D eigenvalue weighted by atomic mass is 10.1. The summed E-state index contributed by atoms with van der Waals surface area (Å²) in [4.78, 5) is 14.0. The highest BCUT2D eigenvalue weighted by Crippen LogP contribution is 2.32. The average molecular weight is 489 g/mol. The monoisotopic (exact) mass is 488 g/mol. The molecule has 3 aromatic heterocycles. The Morgan fingerprint density at radius 1 is 0.919 bits per heavy atom. The second kappa shape index (κ2) is 8.60. The summed E-state index contributed by atoms with van der Waals surface area (Å²) in [6.45, 7) is 4.19. The maximum atomic E-state index is 14.0. The molecule has 0 atom stereocenters. The molecule has 0 spiro atoms. The van der Waals surface area contributed by atoms with E-state index in [1.165, 1.54) is 6.20 Å². The van der Waals surface area contributed by atoms with Gasteiger partial charge in [-0.15, -0.1) is 5.10 Å². The number of aromatic nitrogens is 5. The third kappa shape index (κ3) is 3.70. The van der Waals surface area contributed by atoms with Crippen molar-refractivity contribution in [2.75, 3.05) is 5.73 Å². The molecular weight excluding hydrogens is 464 g/mol. The van der Waals surface area contributed by atoms with Gasteiger partial charge < -0.3 is 10.8 Å². The normalized spacial score (nSPS) is 11.4. The van der Waals surface area contributed by atoms with E-state index in [-0.39, 0.29) is 17.9 Å². The lowest BCUT2D eigenvalue weighted by Gasteiger charge is -2.17. The minimum Gasteiger partial charge on any atom is -0.508 e. The van der Waals surface area contributed by atoms with Gasteiger partial charge in [0.25, 0.3) is 5.56 Å². The van der Waals surface area contributed by atoms with Crippen molar-refractivity contribution in [2.24, 2.45) is 0 Å². The topological polar surface area (TPSA) is 112 Å². The van der Waals surface area contributed by atoms with Gasteiger partial charge in [0.1, 0.15) is 11.4 Å². The van der Waals surface area contributed by atoms with Gasteiger partial charge in [0, 0.05) is 11.3 Å². The zero-order valence-electron chi connectivity index (χ0n) is 20.4. The molecule has 0 aliphatic heterocycles. The van der Waals surface area contributed by atoms with E-state index >= 15 is 0 Å². The first-order chi connectivity index (χ1) is 17.9. The van der Waals surface area contributed by atoms with Crippen LogP contribution in [-0.2, 0) is 6.54 Å². The van der Waals surface area contributed by atoms with Crippen LogP contribution >= 0.6 is 0 Å². The third-order valence-electron chi connectivity index (χ3n) is 6.68. The summed E-state index contributed by atoms with van der Waals surface area (Å²) in [5.74, 6) is 0.124. The summed E-state index contributed by atoms with van der Waals surface area (Å²) >= 11 is 0. The number of para-hydroxylation sites is 1. The quantitative estimate of drug-likeness (QED) is 0.370. The number of hydrogen-bond donors (Lipinski definition) is 2. The number of phenolic OH excluding ortho intramolecular Hbond substituents is 1. The number of fused-ring (bicyclic) bond motifs is 2. The molecule has 3 N–H and O–H groups in total. The van der Waals surface area contributed by atoms with Crippen molar-refractivity contribution in [3.63, 3.8) is 0 Å². The molecule has 3 aromatic carbocycles. The molecule has 37 heavy (non-hydrogen) atoms. The molecule has 8 nitrogen and oxygen atoms in total. The molecule has 0 saturated carbocycles. The van der Waals surface area contributed by atoms with E-state index < -0.39 is 0 Å². The minimum absolute atomic E-state index is 0.0878. The SMILES string of the molecule is Cc1ccccc1-n1c(Cn2nc(-c3cccc(O)c3)c3c(N)cnnc32)cc2cccc(C)c2c1=O. The van der Waals surface area contributed by atoms with Gasteiger partial charge in [0.2, 0.25) is 0 Å². The van der Waals surface area contributed by atoms with Gasteiger partial charge >= 0.3 is 0 Å². The lowest BCUT2D eigenvalue weighted by molar-refractivity contribution is 0.475. The molecule has 0 aliphatic rings. The maximum absolute atomic E-state index is 14.0. The first-order valence-electron chi connectivity index (χ1n) is 11.9. The average Bonchev–Trinajstić information content (AvgIpc) is 3.25. The number of rotatable bonds is 4. The number of nitrogens with zero attached hydrogens (tertiary/aromatic N) is 5. The van der Waals surface area contributed by atoms with E-state index in [0.29, 0.717) is 33.4 Å². The van der Waals surface area contributed by atoms with Crippen molar-refractivity contribution in [3.05, 3.63) is 106 Å². The number of aromatic hydroxyl groups is 1. The number of nitrogen functional groups attached to an aromatic ring is 1. The van der Waals surface area contributed by atoms with Crippen LogP contribution in [0.1, 0.15) is 16.8 Å². The Bertz CT molecular complexity index is 1890. The predicted octanol–water partition coefficient (Wildman–Crippen LogP) is 4.75. The minimum atomic E-state index is -0.0878. The first kappa shape index (κ1) is 22.5. The fourth-order valence-corrected chi connectivity index (χ4v) is 4.93. The zero-order chi connectivity index (χ0) is 25.7. The summed E-state index contributed by atoms with van der Waals surface area (Å²) < 4.78 is 3.47. The van der Waals surface area contributed by atoms with Crippen LogP contribution in [0.25, 0.3) is 38.8 Å². The fourth-order valence-electron chi connectivity index (χ4n) is 4.93. The van der Waals surface area contributed by atoms with Crippen molar-refractivity contribution >= 4 is 27.5 Å². The van der Waals surface area contributed by atoms with Gasteiger partial charge in [-0.1, -0.05) is 48.5 Å². The zero-order valence-corrected chi connectivity index (χ0v) is 20.4. The molecule has 0 unspecified atom stereocenters. The van der Waals surface area contributed by atoms with Gasteiger partial charge in [-0.05, 0) is 54.6 Å². The second-order valence-electron chi connectivity index (χ2n) is 9.16. The molecule has 6 aromatic rings. The van der Waals surface area contributed by atoms with Crippen LogP contribution in [0.3, 0.4) is 0 Å². The number of aryl methyl sites for hydroxylation is 2. The number of phenols is 1. The fraction of sp³-hybridized carbons (Fsp3) is 0.103.